The molecule has 2 aromatic carbocycles. The second-order valence-electron chi connectivity index (χ2n) is 4.29. The van der Waals surface area contributed by atoms with E-state index in [9.17, 15) is 8.42 Å². The van der Waals surface area contributed by atoms with Crippen molar-refractivity contribution in [2.75, 3.05) is 4.31 Å². The van der Waals surface area contributed by atoms with Gasteiger partial charge in [0.15, 0.2) is 0 Å². The molecule has 0 spiro atoms. The fourth-order valence-electron chi connectivity index (χ4n) is 1.79. The molecule has 5 heteroatoms. The summed E-state index contributed by atoms with van der Waals surface area (Å²) in [4.78, 5) is 0.175. The van der Waals surface area contributed by atoms with Gasteiger partial charge >= 0.3 is 0 Å². The molecule has 0 aliphatic rings. The molecule has 0 unspecified atom stereocenters. The smallest absolute Gasteiger partial charge is 0.224 e. The van der Waals surface area contributed by atoms with Crippen molar-refractivity contribution in [3.05, 3.63) is 71.9 Å². The Hall–Kier alpha value is -1.78. The molecule has 104 valence electrons. The lowest BCUT2D eigenvalue weighted by molar-refractivity contribution is 0.595. The molecule has 0 atom stereocenters. The molecule has 0 N–H and O–H groups in total. The highest BCUT2D eigenvalue weighted by molar-refractivity contribution is 7.93. The van der Waals surface area contributed by atoms with Gasteiger partial charge in [0.05, 0.1) is 10.6 Å². The zero-order valence-corrected chi connectivity index (χ0v) is 12.5. The number of rotatable bonds is 4. The Balaban J connectivity index is 2.54. The first-order valence-corrected chi connectivity index (χ1v) is 7.76. The van der Waals surface area contributed by atoms with Crippen LogP contribution in [0, 0.1) is 6.92 Å². The molecular weight excluding hydrogens is 294 g/mol. The van der Waals surface area contributed by atoms with Gasteiger partial charge in [-0.25, -0.2) is 12.7 Å². The zero-order chi connectivity index (χ0) is 14.8. The third-order valence-corrected chi connectivity index (χ3v) is 4.82. The van der Waals surface area contributed by atoms with E-state index in [-0.39, 0.29) is 10.1 Å². The second-order valence-corrected chi connectivity index (χ2v) is 6.52. The van der Waals surface area contributed by atoms with Crippen molar-refractivity contribution < 1.29 is 8.42 Å². The van der Waals surface area contributed by atoms with Crippen molar-refractivity contribution in [2.45, 2.75) is 11.8 Å². The van der Waals surface area contributed by atoms with Crippen LogP contribution in [0.2, 0.25) is 0 Å². The van der Waals surface area contributed by atoms with Gasteiger partial charge in [-0.1, -0.05) is 54.1 Å². The first-order valence-electron chi connectivity index (χ1n) is 5.94. The van der Waals surface area contributed by atoms with Crippen LogP contribution >= 0.6 is 11.6 Å². The van der Waals surface area contributed by atoms with E-state index in [4.69, 9.17) is 11.6 Å². The Morgan fingerprint density at radius 1 is 1.05 bits per heavy atom. The van der Waals surface area contributed by atoms with Gasteiger partial charge in [-0.2, -0.15) is 0 Å². The van der Waals surface area contributed by atoms with Crippen molar-refractivity contribution in [3.8, 4) is 0 Å². The molecule has 20 heavy (non-hydrogen) atoms. The molecule has 0 radical (unpaired) electrons. The monoisotopic (exact) mass is 307 g/mol. The summed E-state index contributed by atoms with van der Waals surface area (Å²) in [7, 11) is -3.77. The lowest BCUT2D eigenvalue weighted by Crippen LogP contribution is -2.28. The first-order chi connectivity index (χ1) is 9.43. The molecule has 0 saturated heterocycles. The lowest BCUT2D eigenvalue weighted by atomic mass is 10.2. The summed E-state index contributed by atoms with van der Waals surface area (Å²) in [5.41, 5.74) is 1.44. The number of sulfonamides is 1. The predicted molar refractivity (Wildman–Crippen MR) is 82.3 cm³/mol. The summed E-state index contributed by atoms with van der Waals surface area (Å²) in [5.74, 6) is 0. The topological polar surface area (TPSA) is 37.4 Å². The van der Waals surface area contributed by atoms with Gasteiger partial charge in [0, 0.05) is 0 Å². The lowest BCUT2D eigenvalue weighted by Gasteiger charge is -2.22. The molecule has 0 aliphatic heterocycles. The second kappa shape index (κ2) is 5.69. The fraction of sp³-hybridized carbons (Fsp3) is 0.0667. The van der Waals surface area contributed by atoms with E-state index in [2.05, 4.69) is 6.58 Å². The van der Waals surface area contributed by atoms with Crippen LogP contribution < -0.4 is 4.31 Å². The summed E-state index contributed by atoms with van der Waals surface area (Å²) >= 11 is 5.90. The summed E-state index contributed by atoms with van der Waals surface area (Å²) in [6.45, 7) is 5.45. The quantitative estimate of drug-likeness (QED) is 0.803. The van der Waals surface area contributed by atoms with E-state index < -0.39 is 10.0 Å². The Labute approximate surface area is 124 Å². The van der Waals surface area contributed by atoms with Crippen LogP contribution in [0.3, 0.4) is 0 Å². The summed E-state index contributed by atoms with van der Waals surface area (Å²) in [6.07, 6.45) is 0. The summed E-state index contributed by atoms with van der Waals surface area (Å²) < 4.78 is 26.4. The van der Waals surface area contributed by atoms with Gasteiger partial charge in [0.1, 0.15) is 5.16 Å². The van der Waals surface area contributed by atoms with Crippen molar-refractivity contribution in [3.63, 3.8) is 0 Å². The molecule has 0 amide bonds. The van der Waals surface area contributed by atoms with E-state index in [1.807, 2.05) is 6.92 Å². The third kappa shape index (κ3) is 2.86. The standard InChI is InChI=1S/C15H14ClNO2S/c1-12-8-10-15(11-9-12)20(18,19)17(13(2)16)14-6-4-3-5-7-14/h3-11H,2H2,1H3. The number of halogens is 1. The molecule has 2 aromatic rings. The number of hydrogen-bond donors (Lipinski definition) is 0. The predicted octanol–water partition coefficient (Wildman–Crippen LogP) is 3.90. The van der Waals surface area contributed by atoms with Gasteiger partial charge in [-0.3, -0.25) is 0 Å². The highest BCUT2D eigenvalue weighted by Gasteiger charge is 2.26. The SMILES string of the molecule is C=C(Cl)N(c1ccccc1)S(=O)(=O)c1ccc(C)cc1. The maximum Gasteiger partial charge on any atom is 0.269 e. The van der Waals surface area contributed by atoms with Crippen LogP contribution in [0.5, 0.6) is 0 Å². The van der Waals surface area contributed by atoms with Crippen molar-refractivity contribution >= 4 is 27.3 Å². The van der Waals surface area contributed by atoms with Gasteiger partial charge < -0.3 is 0 Å². The number of nitrogens with zero attached hydrogens (tertiary/aromatic N) is 1. The maximum atomic E-state index is 12.7. The molecule has 0 fully saturated rings. The fourth-order valence-corrected chi connectivity index (χ4v) is 3.51. The average molecular weight is 308 g/mol. The Morgan fingerprint density at radius 2 is 1.60 bits per heavy atom. The van der Waals surface area contributed by atoms with E-state index in [0.29, 0.717) is 5.69 Å². The molecule has 0 aliphatic carbocycles. The minimum atomic E-state index is -3.77. The first kappa shape index (κ1) is 14.6. The van der Waals surface area contributed by atoms with Gasteiger partial charge in [0.2, 0.25) is 0 Å². The average Bonchev–Trinajstić information content (AvgIpc) is 2.39. The van der Waals surface area contributed by atoms with E-state index in [1.165, 1.54) is 0 Å². The molecule has 3 nitrogen and oxygen atoms in total. The van der Waals surface area contributed by atoms with E-state index in [1.54, 1.807) is 54.6 Å². The van der Waals surface area contributed by atoms with Gasteiger partial charge in [-0.05, 0) is 31.2 Å². The number of para-hydroxylation sites is 1. The Morgan fingerprint density at radius 3 is 2.10 bits per heavy atom. The highest BCUT2D eigenvalue weighted by atomic mass is 35.5. The van der Waals surface area contributed by atoms with Crippen LogP contribution in [-0.4, -0.2) is 8.42 Å². The highest BCUT2D eigenvalue weighted by Crippen LogP contribution is 2.28. The molecule has 0 bridgehead atoms. The number of benzene rings is 2. The summed E-state index contributed by atoms with van der Waals surface area (Å²) in [6, 6.07) is 15.2. The van der Waals surface area contributed by atoms with E-state index >= 15 is 0 Å². The number of anilines is 1. The normalized spacial score (nSPS) is 11.1. The Bertz CT molecular complexity index is 709. The van der Waals surface area contributed by atoms with Crippen LogP contribution in [0.15, 0.2) is 71.2 Å². The van der Waals surface area contributed by atoms with Crippen LogP contribution in [-0.2, 0) is 10.0 Å². The van der Waals surface area contributed by atoms with Crippen LogP contribution in [0.1, 0.15) is 5.56 Å². The van der Waals surface area contributed by atoms with Crippen molar-refractivity contribution in [1.82, 2.24) is 0 Å². The molecule has 0 aromatic heterocycles. The summed E-state index contributed by atoms with van der Waals surface area (Å²) in [5, 5.41) is -0.0724. The Kier molecular flexibility index (Phi) is 4.16. The largest absolute Gasteiger partial charge is 0.269 e. The minimum absolute atomic E-state index is 0.0724. The number of aryl methyl sites for hydroxylation is 1. The van der Waals surface area contributed by atoms with Crippen molar-refractivity contribution in [1.29, 1.82) is 0 Å². The van der Waals surface area contributed by atoms with Crippen LogP contribution in [0.4, 0.5) is 5.69 Å². The minimum Gasteiger partial charge on any atom is -0.224 e. The van der Waals surface area contributed by atoms with E-state index in [0.717, 1.165) is 9.87 Å². The molecule has 0 saturated carbocycles. The van der Waals surface area contributed by atoms with Gasteiger partial charge in [-0.15, -0.1) is 0 Å². The third-order valence-electron chi connectivity index (χ3n) is 2.77. The zero-order valence-electron chi connectivity index (χ0n) is 11.0. The molecule has 2 rings (SSSR count). The van der Waals surface area contributed by atoms with Gasteiger partial charge in [0.25, 0.3) is 10.0 Å². The maximum absolute atomic E-state index is 12.7. The number of hydrogen-bond acceptors (Lipinski definition) is 2. The molecular formula is C15H14ClNO2S. The molecule has 0 heterocycles. The van der Waals surface area contributed by atoms with Crippen LogP contribution in [0.25, 0.3) is 0 Å². The van der Waals surface area contributed by atoms with Crippen molar-refractivity contribution in [2.24, 2.45) is 0 Å².